The first-order valence-electron chi connectivity index (χ1n) is 28.8. The Kier molecular flexibility index (Phi) is 12.0. The molecule has 5 aromatic rings. The number of aromatic nitrogens is 2. The number of aliphatic hydroxyl groups is 1. The van der Waals surface area contributed by atoms with E-state index in [1.54, 1.807) is 0 Å². The minimum Gasteiger partial charge on any atom is -0.467 e. The molecule has 2 aliphatic carbocycles. The molecular weight excluding hydrogens is 973 g/mol. The van der Waals surface area contributed by atoms with Crippen LogP contribution in [0.1, 0.15) is 105 Å². The third kappa shape index (κ3) is 6.77. The highest BCUT2D eigenvalue weighted by Gasteiger charge is 2.80. The number of carbonyl (C=O) groups excluding carboxylic acids is 2. The second kappa shape index (κ2) is 18.3. The molecule has 1 spiro atoms. The summed E-state index contributed by atoms with van der Waals surface area (Å²) in [6.45, 7) is 25.7. The Hall–Kier alpha value is -6.48. The van der Waals surface area contributed by atoms with Gasteiger partial charge in [-0.2, -0.15) is 5.26 Å². The molecule has 3 N–H and O–H groups in total. The summed E-state index contributed by atoms with van der Waals surface area (Å²) in [5.74, 6) is -0.659. The molecule has 3 aromatic carbocycles. The van der Waals surface area contributed by atoms with Gasteiger partial charge in [0.25, 0.3) is 5.54 Å². The lowest BCUT2D eigenvalue weighted by Gasteiger charge is -2.63. The zero-order valence-corrected chi connectivity index (χ0v) is 46.4. The molecule has 13 heteroatoms. The van der Waals surface area contributed by atoms with Crippen molar-refractivity contribution in [3.63, 3.8) is 0 Å². The maximum atomic E-state index is 14.3. The number of nitrogens with one attached hydrogen (secondary N) is 2. The monoisotopic (exact) mass is 1050 g/mol. The first-order chi connectivity index (χ1) is 37.7. The number of nitriles is 1. The average Bonchev–Trinajstić information content (AvgIpc) is 2.39. The Morgan fingerprint density at radius 3 is 2.27 bits per heavy atom. The number of aromatic amines is 2. The van der Waals surface area contributed by atoms with Gasteiger partial charge in [-0.25, -0.2) is 11.4 Å². The summed E-state index contributed by atoms with van der Waals surface area (Å²) in [7, 11) is 3.24. The molecule has 404 valence electrons. The molecule has 13 atom stereocenters. The molecule has 0 radical (unpaired) electrons. The Bertz CT molecular complexity index is 3500. The molecule has 6 bridgehead atoms. The van der Waals surface area contributed by atoms with Crippen LogP contribution in [0.15, 0.2) is 96.1 Å². The number of likely N-dealkylation sites (N-methyl/N-ethyl adjacent to an activating group) is 1. The number of esters is 2. The second-order valence-electron chi connectivity index (χ2n) is 24.5. The van der Waals surface area contributed by atoms with Gasteiger partial charge >= 0.3 is 11.9 Å². The number of ether oxygens (including phenoxy) is 2. The van der Waals surface area contributed by atoms with Crippen LogP contribution >= 0.6 is 0 Å². The van der Waals surface area contributed by atoms with Crippen molar-refractivity contribution in [2.24, 2.45) is 17.3 Å². The highest BCUT2D eigenvalue weighted by molar-refractivity contribution is 5.89. The molecule has 2 aromatic heterocycles. The van der Waals surface area contributed by atoms with E-state index in [0.29, 0.717) is 25.2 Å². The Morgan fingerprint density at radius 1 is 0.885 bits per heavy atom. The fourth-order valence-electron chi connectivity index (χ4n) is 18.2. The minimum absolute atomic E-state index is 0.179. The number of rotatable bonds is 6. The van der Waals surface area contributed by atoms with E-state index < -0.39 is 51.5 Å². The maximum absolute atomic E-state index is 14.3. The highest BCUT2D eigenvalue weighted by atomic mass is 16.6. The SMILES string of the molecule is CCC1=CC2CN3CCc4c([nH]c5ccccc45)C(C#N)(C2)C13.[C-]#[N+][C@]1(c2cc3c(cc2C)N(C)C2[C@]34CCN3CC=C[C@@](CC)([C@@H](OC(C)=O)[C@]2(O)C(=O)OC)[C@H]34)C[C@@H]2C=C(CC)CN(CCc3c1[nH]c1ccccc31)C2. The summed E-state index contributed by atoms with van der Waals surface area (Å²) in [5, 5.41) is 26.0. The van der Waals surface area contributed by atoms with E-state index in [4.69, 9.17) is 14.3 Å². The van der Waals surface area contributed by atoms with Gasteiger partial charge in [0.2, 0.25) is 5.60 Å². The first-order valence-corrected chi connectivity index (χ1v) is 28.8. The summed E-state index contributed by atoms with van der Waals surface area (Å²) in [6, 6.07) is 23.5. The van der Waals surface area contributed by atoms with E-state index in [1.165, 1.54) is 58.3 Å². The molecule has 78 heavy (non-hydrogen) atoms. The van der Waals surface area contributed by atoms with Crippen LogP contribution in [0, 0.1) is 42.1 Å². The summed E-state index contributed by atoms with van der Waals surface area (Å²) < 4.78 is 11.6. The van der Waals surface area contributed by atoms with E-state index >= 15 is 0 Å². The van der Waals surface area contributed by atoms with Gasteiger partial charge in [-0.15, -0.1) is 0 Å². The Labute approximate surface area is 458 Å². The number of aryl methyl sites for hydroxylation is 1. The quantitative estimate of drug-likeness (QED) is 0.0855. The number of hydrogen-bond acceptors (Lipinski definition) is 10. The lowest BCUT2D eigenvalue weighted by atomic mass is 9.47. The van der Waals surface area contributed by atoms with Crippen molar-refractivity contribution < 1.29 is 24.2 Å². The van der Waals surface area contributed by atoms with Crippen molar-refractivity contribution in [3.8, 4) is 6.07 Å². The van der Waals surface area contributed by atoms with Crippen molar-refractivity contribution in [2.45, 2.75) is 132 Å². The van der Waals surface area contributed by atoms with Gasteiger partial charge in [-0.1, -0.05) is 92.6 Å². The smallest absolute Gasteiger partial charge is 0.344 e. The van der Waals surface area contributed by atoms with Gasteiger partial charge in [-0.3, -0.25) is 24.3 Å². The molecular formula is C65H74N8O5. The largest absolute Gasteiger partial charge is 0.467 e. The number of piperidine rings is 1. The summed E-state index contributed by atoms with van der Waals surface area (Å²) in [4.78, 5) is 49.2. The second-order valence-corrected chi connectivity index (χ2v) is 24.5. The van der Waals surface area contributed by atoms with Crippen molar-refractivity contribution in [1.82, 2.24) is 24.7 Å². The van der Waals surface area contributed by atoms with Crippen molar-refractivity contribution >= 4 is 39.4 Å². The lowest BCUT2D eigenvalue weighted by Crippen LogP contribution is -2.81. The van der Waals surface area contributed by atoms with E-state index in [2.05, 4.69) is 148 Å². The minimum atomic E-state index is -2.20. The lowest BCUT2D eigenvalue weighted by molar-refractivity contribution is -0.228. The highest BCUT2D eigenvalue weighted by Crippen LogP contribution is 2.68. The van der Waals surface area contributed by atoms with Gasteiger partial charge in [0.15, 0.2) is 6.10 Å². The first kappa shape index (κ1) is 51.0. The number of nitrogens with zero attached hydrogens (tertiary/aromatic N) is 6. The van der Waals surface area contributed by atoms with Crippen LogP contribution in [0.5, 0.6) is 0 Å². The summed E-state index contributed by atoms with van der Waals surface area (Å²) >= 11 is 0. The number of benzene rings is 3. The molecule has 8 aliphatic heterocycles. The summed E-state index contributed by atoms with van der Waals surface area (Å²) in [6.07, 6.45) is 14.7. The van der Waals surface area contributed by atoms with E-state index in [9.17, 15) is 26.5 Å². The third-order valence-corrected chi connectivity index (χ3v) is 20.9. The van der Waals surface area contributed by atoms with Gasteiger partial charge in [0.05, 0.1) is 25.3 Å². The van der Waals surface area contributed by atoms with Crippen LogP contribution in [0.3, 0.4) is 0 Å². The number of carbonyl (C=O) groups is 2. The normalized spacial score (nSPS) is 35.6. The van der Waals surface area contributed by atoms with Crippen LogP contribution in [0.25, 0.3) is 26.7 Å². The molecule has 3 fully saturated rings. The van der Waals surface area contributed by atoms with Crippen LogP contribution in [0.2, 0.25) is 0 Å². The fourth-order valence-corrected chi connectivity index (χ4v) is 18.2. The molecule has 10 heterocycles. The standard InChI is InChI=1S/C45H53N5O5.C20H21N3/c1-8-29-22-30-24-44(46-5,37-32(15-19-49(25-29)26-30)31-13-10-11-14-35(31)47-37)33-23-34-36(21-27(33)3)48(6)39-43(34)17-20-50-18-12-16-42(9-2,38(43)50)40(55-28(4)51)45(39,53)41(52)54-7;1-2-14-9-13-10-20(12-21)18-16(7-8-23(11-13)19(14)20)15-5-3-4-6-17(15)22-18/h10-14,16,21-23,30,38-40,47,53H,8-9,15,17-20,24-26H2,1-4,6-7H3;3-6,9,13,19,22H,2,7-8,10-11H2,1H3/t30-,38-,39?,40+,42+,43+,44-,45-;/m0./s1. The summed E-state index contributed by atoms with van der Waals surface area (Å²) in [5.41, 5.74) is 8.57. The van der Waals surface area contributed by atoms with E-state index in [-0.39, 0.29) is 18.0 Å². The molecule has 15 rings (SSSR count). The molecule has 10 aliphatic rings. The molecule has 13 nitrogen and oxygen atoms in total. The number of fused-ring (bicyclic) bond motifs is 9. The van der Waals surface area contributed by atoms with Gasteiger partial charge in [0.1, 0.15) is 11.1 Å². The van der Waals surface area contributed by atoms with Crippen LogP contribution in [-0.2, 0) is 48.3 Å². The van der Waals surface area contributed by atoms with Crippen molar-refractivity contribution in [3.05, 3.63) is 147 Å². The molecule has 2 saturated heterocycles. The van der Waals surface area contributed by atoms with E-state index in [0.717, 1.165) is 112 Å². The van der Waals surface area contributed by atoms with Crippen LogP contribution in [-0.4, -0.2) is 132 Å². The van der Waals surface area contributed by atoms with Crippen molar-refractivity contribution in [1.29, 1.82) is 5.26 Å². The number of H-pyrrole nitrogens is 2. The number of anilines is 1. The molecule has 0 amide bonds. The number of hydrogen-bond donors (Lipinski definition) is 3. The fraction of sp³-hybridized carbons (Fsp3) is 0.508. The number of methoxy groups -OCH3 is 1. The van der Waals surface area contributed by atoms with Gasteiger partial charge < -0.3 is 29.4 Å². The third-order valence-electron chi connectivity index (χ3n) is 20.9. The van der Waals surface area contributed by atoms with Gasteiger partial charge in [0, 0.05) is 115 Å². The number of para-hydroxylation sites is 2. The topological polar surface area (TPSA) is 146 Å². The molecule has 6 unspecified atom stereocenters. The predicted molar refractivity (Wildman–Crippen MR) is 303 cm³/mol. The maximum Gasteiger partial charge on any atom is 0.344 e. The van der Waals surface area contributed by atoms with Crippen LogP contribution < -0.4 is 4.90 Å². The predicted octanol–water partition coefficient (Wildman–Crippen LogP) is 9.33. The van der Waals surface area contributed by atoms with Crippen molar-refractivity contribution in [2.75, 3.05) is 64.9 Å². The zero-order valence-electron chi connectivity index (χ0n) is 46.4. The Balaban J connectivity index is 0.000000208. The van der Waals surface area contributed by atoms with Crippen LogP contribution in [0.4, 0.5) is 5.69 Å². The average molecular weight is 1050 g/mol. The van der Waals surface area contributed by atoms with E-state index in [1.807, 2.05) is 7.05 Å². The van der Waals surface area contributed by atoms with Gasteiger partial charge in [-0.05, 0) is 117 Å². The Morgan fingerprint density at radius 2 is 1.59 bits per heavy atom. The zero-order chi connectivity index (χ0) is 54.3. The molecule has 1 saturated carbocycles.